The van der Waals surface area contributed by atoms with E-state index in [0.717, 1.165) is 18.5 Å². The minimum Gasteiger partial charge on any atom is -0.352 e. The van der Waals surface area contributed by atoms with Gasteiger partial charge >= 0.3 is 0 Å². The van der Waals surface area contributed by atoms with Crippen LogP contribution in [0.15, 0.2) is 30.3 Å². The first-order chi connectivity index (χ1) is 10.6. The maximum absolute atomic E-state index is 11.8. The monoisotopic (exact) mass is 318 g/mol. The molecule has 1 aliphatic rings. The van der Waals surface area contributed by atoms with Gasteiger partial charge in [0.2, 0.25) is 10.7 Å². The number of nitrogens with zero attached hydrogens (tertiary/aromatic N) is 5. The van der Waals surface area contributed by atoms with Crippen molar-refractivity contribution in [3.05, 3.63) is 35.1 Å². The Morgan fingerprint density at radius 1 is 1.36 bits per heavy atom. The summed E-state index contributed by atoms with van der Waals surface area (Å²) >= 11 is 5.39. The lowest BCUT2D eigenvalue weighted by Gasteiger charge is -2.15. The number of carbonyl (C=O) groups excluding carboxylic acids is 1. The van der Waals surface area contributed by atoms with Crippen LogP contribution in [0.2, 0.25) is 0 Å². The molecule has 3 rings (SSSR count). The second-order valence-corrected chi connectivity index (χ2v) is 5.87. The minimum atomic E-state index is 0.0342. The predicted molar refractivity (Wildman–Crippen MR) is 84.0 cm³/mol. The number of hydrogen-bond donors (Lipinski definition) is 1. The van der Waals surface area contributed by atoms with E-state index in [4.69, 9.17) is 12.2 Å². The number of tetrazole rings is 1. The Balaban J connectivity index is 1.64. The van der Waals surface area contributed by atoms with Crippen molar-refractivity contribution in [2.75, 3.05) is 13.6 Å². The molecular formula is C14H18N6OS. The number of hydrogen-bond acceptors (Lipinski definition) is 5. The van der Waals surface area contributed by atoms with Crippen LogP contribution in [0.1, 0.15) is 12.8 Å². The van der Waals surface area contributed by atoms with Gasteiger partial charge in [0, 0.05) is 6.04 Å². The zero-order chi connectivity index (χ0) is 15.5. The fraction of sp³-hybridized carbons (Fsp3) is 0.429. The third-order valence-electron chi connectivity index (χ3n) is 3.37. The topological polar surface area (TPSA) is 68.0 Å². The normalized spacial score (nSPS) is 14.3. The van der Waals surface area contributed by atoms with Crippen LogP contribution >= 0.6 is 12.2 Å². The standard InChI is InChI=1S/C14H18N6OS/c1-18(9-13(21)15-11-7-8-11)10-19-14(22)20(17-16-19)12-5-3-2-4-6-12/h2-6,11H,7-10H2,1H3,(H,15,21). The first kappa shape index (κ1) is 14.9. The third-order valence-corrected chi connectivity index (χ3v) is 3.76. The van der Waals surface area contributed by atoms with E-state index in [1.165, 1.54) is 0 Å². The van der Waals surface area contributed by atoms with E-state index >= 15 is 0 Å². The first-order valence-electron chi connectivity index (χ1n) is 7.19. The highest BCUT2D eigenvalue weighted by Crippen LogP contribution is 2.18. The van der Waals surface area contributed by atoms with Gasteiger partial charge in [-0.05, 0) is 54.7 Å². The zero-order valence-electron chi connectivity index (χ0n) is 12.3. The third kappa shape index (κ3) is 3.58. The molecule has 2 aromatic rings. The van der Waals surface area contributed by atoms with Crippen LogP contribution in [0.5, 0.6) is 0 Å². The summed E-state index contributed by atoms with van der Waals surface area (Å²) in [4.78, 5) is 13.6. The van der Waals surface area contributed by atoms with E-state index in [-0.39, 0.29) is 5.91 Å². The Kier molecular flexibility index (Phi) is 4.30. The first-order valence-corrected chi connectivity index (χ1v) is 7.60. The molecule has 1 saturated carbocycles. The summed E-state index contributed by atoms with van der Waals surface area (Å²) < 4.78 is 3.71. The Labute approximate surface area is 133 Å². The van der Waals surface area contributed by atoms with Gasteiger partial charge in [0.15, 0.2) is 0 Å². The van der Waals surface area contributed by atoms with E-state index in [2.05, 4.69) is 15.7 Å². The highest BCUT2D eigenvalue weighted by molar-refractivity contribution is 7.71. The molecule has 0 radical (unpaired) electrons. The molecule has 0 atom stereocenters. The van der Waals surface area contributed by atoms with Crippen LogP contribution in [-0.4, -0.2) is 50.2 Å². The minimum absolute atomic E-state index is 0.0342. The maximum atomic E-state index is 11.8. The molecule has 1 aromatic carbocycles. The van der Waals surface area contributed by atoms with Gasteiger partial charge in [-0.2, -0.15) is 4.68 Å². The molecule has 0 bridgehead atoms. The van der Waals surface area contributed by atoms with Gasteiger partial charge in [0.1, 0.15) is 0 Å². The summed E-state index contributed by atoms with van der Waals surface area (Å²) in [6, 6.07) is 9.99. The molecular weight excluding hydrogens is 300 g/mol. The average molecular weight is 318 g/mol. The van der Waals surface area contributed by atoms with Gasteiger partial charge in [0.25, 0.3) is 0 Å². The van der Waals surface area contributed by atoms with Crippen molar-refractivity contribution >= 4 is 18.1 Å². The van der Waals surface area contributed by atoms with Gasteiger partial charge in [-0.3, -0.25) is 9.69 Å². The van der Waals surface area contributed by atoms with Crippen LogP contribution in [-0.2, 0) is 11.5 Å². The van der Waals surface area contributed by atoms with E-state index in [1.807, 2.05) is 42.3 Å². The van der Waals surface area contributed by atoms with Gasteiger partial charge in [-0.15, -0.1) is 0 Å². The average Bonchev–Trinajstić information content (AvgIpc) is 3.23. The highest BCUT2D eigenvalue weighted by Gasteiger charge is 2.23. The maximum Gasteiger partial charge on any atom is 0.234 e. The number of rotatable bonds is 6. The molecule has 1 aliphatic carbocycles. The van der Waals surface area contributed by atoms with Crippen LogP contribution in [0.4, 0.5) is 0 Å². The smallest absolute Gasteiger partial charge is 0.234 e. The molecule has 7 nitrogen and oxygen atoms in total. The SMILES string of the molecule is CN(CC(=O)NC1CC1)Cn1nnn(-c2ccccc2)c1=S. The van der Waals surface area contributed by atoms with Gasteiger partial charge < -0.3 is 5.32 Å². The molecule has 8 heteroatoms. The number of amides is 1. The Morgan fingerprint density at radius 3 is 2.77 bits per heavy atom. The second-order valence-electron chi connectivity index (χ2n) is 5.51. The van der Waals surface area contributed by atoms with Crippen molar-refractivity contribution in [2.24, 2.45) is 0 Å². The zero-order valence-corrected chi connectivity index (χ0v) is 13.2. The molecule has 116 valence electrons. The van der Waals surface area contributed by atoms with Crippen molar-refractivity contribution in [3.63, 3.8) is 0 Å². The largest absolute Gasteiger partial charge is 0.352 e. The number of aromatic nitrogens is 4. The molecule has 1 fully saturated rings. The van der Waals surface area contributed by atoms with Crippen LogP contribution in [0.3, 0.4) is 0 Å². The van der Waals surface area contributed by atoms with Gasteiger partial charge in [-0.25, -0.2) is 4.68 Å². The summed E-state index contributed by atoms with van der Waals surface area (Å²) in [6.07, 6.45) is 2.18. The molecule has 0 unspecified atom stereocenters. The van der Waals surface area contributed by atoms with Crippen molar-refractivity contribution in [1.82, 2.24) is 30.0 Å². The van der Waals surface area contributed by atoms with Gasteiger partial charge in [-0.1, -0.05) is 18.2 Å². The van der Waals surface area contributed by atoms with Crippen molar-refractivity contribution in [3.8, 4) is 5.69 Å². The number of para-hydroxylation sites is 1. The molecule has 1 N–H and O–H groups in total. The fourth-order valence-electron chi connectivity index (χ4n) is 2.12. The van der Waals surface area contributed by atoms with E-state index in [9.17, 15) is 4.79 Å². The van der Waals surface area contributed by atoms with Crippen LogP contribution < -0.4 is 5.32 Å². The van der Waals surface area contributed by atoms with Crippen molar-refractivity contribution < 1.29 is 4.79 Å². The highest BCUT2D eigenvalue weighted by atomic mass is 32.1. The van der Waals surface area contributed by atoms with E-state index < -0.39 is 0 Å². The van der Waals surface area contributed by atoms with Crippen molar-refractivity contribution in [1.29, 1.82) is 0 Å². The van der Waals surface area contributed by atoms with Crippen LogP contribution in [0, 0.1) is 4.77 Å². The molecule has 0 spiro atoms. The van der Waals surface area contributed by atoms with Gasteiger partial charge in [0.05, 0.1) is 18.9 Å². The summed E-state index contributed by atoms with van der Waals surface area (Å²) in [5.41, 5.74) is 0.868. The summed E-state index contributed by atoms with van der Waals surface area (Å²) in [5, 5.41) is 11.1. The lowest BCUT2D eigenvalue weighted by molar-refractivity contribution is -0.122. The molecule has 0 aliphatic heterocycles. The number of nitrogens with one attached hydrogen (secondary N) is 1. The quantitative estimate of drug-likeness (QED) is 0.804. The molecule has 22 heavy (non-hydrogen) atoms. The molecule has 0 saturated heterocycles. The Morgan fingerprint density at radius 2 is 2.09 bits per heavy atom. The lowest BCUT2D eigenvalue weighted by atomic mass is 10.3. The van der Waals surface area contributed by atoms with Crippen molar-refractivity contribution in [2.45, 2.75) is 25.6 Å². The lowest BCUT2D eigenvalue weighted by Crippen LogP contribution is -2.37. The summed E-state index contributed by atoms with van der Waals surface area (Å²) in [6.45, 7) is 0.736. The molecule has 1 amide bonds. The molecule has 1 aromatic heterocycles. The van der Waals surface area contributed by atoms with E-state index in [1.54, 1.807) is 9.36 Å². The number of benzene rings is 1. The summed E-state index contributed by atoms with van der Waals surface area (Å²) in [7, 11) is 1.86. The van der Waals surface area contributed by atoms with Crippen LogP contribution in [0.25, 0.3) is 5.69 Å². The van der Waals surface area contributed by atoms with E-state index in [0.29, 0.717) is 24.0 Å². The fourth-order valence-corrected chi connectivity index (χ4v) is 2.36. The summed E-state index contributed by atoms with van der Waals surface area (Å²) in [5.74, 6) is 0.0342. The number of carbonyl (C=O) groups is 1. The molecule has 1 heterocycles. The Hall–Kier alpha value is -2.06. The number of likely N-dealkylation sites (N-methyl/N-ethyl adjacent to an activating group) is 1. The predicted octanol–water partition coefficient (Wildman–Crippen LogP) is 0.966. The second kappa shape index (κ2) is 6.37. The Bertz CT molecular complexity index is 706.